The number of carbonyl (C=O) groups is 1. The highest BCUT2D eigenvalue weighted by Crippen LogP contribution is 2.12. The molecule has 1 aliphatic rings. The van der Waals surface area contributed by atoms with Gasteiger partial charge in [0.2, 0.25) is 5.91 Å². The molecule has 2 rings (SSSR count). The molecule has 1 amide bonds. The van der Waals surface area contributed by atoms with E-state index in [1.807, 2.05) is 6.92 Å². The third-order valence-corrected chi connectivity index (χ3v) is 3.47. The summed E-state index contributed by atoms with van der Waals surface area (Å²) in [7, 11) is 0. The minimum Gasteiger partial charge on any atom is -0.494 e. The lowest BCUT2D eigenvalue weighted by molar-refractivity contribution is -0.128. The van der Waals surface area contributed by atoms with Crippen LogP contribution >= 0.6 is 0 Å². The van der Waals surface area contributed by atoms with Crippen molar-refractivity contribution in [1.29, 1.82) is 5.26 Å². The number of benzene rings is 1. The van der Waals surface area contributed by atoms with Crippen LogP contribution in [0.3, 0.4) is 0 Å². The van der Waals surface area contributed by atoms with Crippen LogP contribution in [-0.2, 0) is 4.79 Å². The second kappa shape index (κ2) is 6.92. The fraction of sp³-hybridized carbons (Fsp3) is 0.467. The van der Waals surface area contributed by atoms with Gasteiger partial charge in [0.05, 0.1) is 24.3 Å². The molecule has 0 spiro atoms. The summed E-state index contributed by atoms with van der Waals surface area (Å²) in [6.45, 7) is 5.00. The summed E-state index contributed by atoms with van der Waals surface area (Å²) in [6, 6.07) is 9.10. The predicted octanol–water partition coefficient (Wildman–Crippen LogP) is 1.15. The molecule has 0 aliphatic carbocycles. The van der Waals surface area contributed by atoms with Crippen molar-refractivity contribution in [2.24, 2.45) is 0 Å². The highest BCUT2D eigenvalue weighted by Gasteiger charge is 2.24. The van der Waals surface area contributed by atoms with Crippen LogP contribution in [0.15, 0.2) is 24.3 Å². The van der Waals surface area contributed by atoms with Gasteiger partial charge >= 0.3 is 0 Å². The maximum absolute atomic E-state index is 11.5. The Balaban J connectivity index is 1.70. The molecule has 0 aromatic heterocycles. The highest BCUT2D eigenvalue weighted by atomic mass is 16.5. The van der Waals surface area contributed by atoms with Crippen LogP contribution in [0.2, 0.25) is 0 Å². The van der Waals surface area contributed by atoms with Gasteiger partial charge in [-0.3, -0.25) is 9.69 Å². The lowest BCUT2D eigenvalue weighted by Crippen LogP contribution is -2.54. The van der Waals surface area contributed by atoms with Crippen molar-refractivity contribution in [2.75, 3.05) is 26.2 Å². The molecule has 1 fully saturated rings. The Morgan fingerprint density at radius 1 is 1.45 bits per heavy atom. The van der Waals surface area contributed by atoms with Crippen LogP contribution in [-0.4, -0.2) is 43.1 Å². The summed E-state index contributed by atoms with van der Waals surface area (Å²) >= 11 is 0. The van der Waals surface area contributed by atoms with Crippen molar-refractivity contribution in [1.82, 2.24) is 10.2 Å². The lowest BCUT2D eigenvalue weighted by Gasteiger charge is -2.32. The molecule has 5 heteroatoms. The summed E-state index contributed by atoms with van der Waals surface area (Å²) < 4.78 is 5.62. The van der Waals surface area contributed by atoms with Crippen molar-refractivity contribution in [3.05, 3.63) is 29.8 Å². The summed E-state index contributed by atoms with van der Waals surface area (Å²) in [5, 5.41) is 11.6. The van der Waals surface area contributed by atoms with E-state index in [4.69, 9.17) is 10.00 Å². The second-order valence-electron chi connectivity index (χ2n) is 4.84. The molecule has 1 heterocycles. The predicted molar refractivity (Wildman–Crippen MR) is 75.3 cm³/mol. The van der Waals surface area contributed by atoms with Gasteiger partial charge in [0.15, 0.2) is 0 Å². The first-order chi connectivity index (χ1) is 9.70. The van der Waals surface area contributed by atoms with Gasteiger partial charge in [-0.15, -0.1) is 0 Å². The Hall–Kier alpha value is -2.06. The number of piperazine rings is 1. The summed E-state index contributed by atoms with van der Waals surface area (Å²) in [5.74, 6) is 0.873. The van der Waals surface area contributed by atoms with Crippen LogP contribution in [0.25, 0.3) is 0 Å². The van der Waals surface area contributed by atoms with Crippen molar-refractivity contribution < 1.29 is 9.53 Å². The summed E-state index contributed by atoms with van der Waals surface area (Å²) in [5.41, 5.74) is 0.630. The van der Waals surface area contributed by atoms with Crippen molar-refractivity contribution in [3.63, 3.8) is 0 Å². The minimum atomic E-state index is -0.0568. The van der Waals surface area contributed by atoms with Gasteiger partial charge in [-0.25, -0.2) is 0 Å². The Labute approximate surface area is 119 Å². The van der Waals surface area contributed by atoms with Crippen LogP contribution in [0, 0.1) is 11.3 Å². The van der Waals surface area contributed by atoms with E-state index >= 15 is 0 Å². The molecule has 0 bridgehead atoms. The van der Waals surface area contributed by atoms with Gasteiger partial charge in [0.25, 0.3) is 0 Å². The molecule has 1 aromatic rings. The maximum Gasteiger partial charge on any atom is 0.237 e. The van der Waals surface area contributed by atoms with E-state index in [2.05, 4.69) is 16.3 Å². The zero-order chi connectivity index (χ0) is 14.4. The number of ether oxygens (including phenoxy) is 1. The Bertz CT molecular complexity index is 493. The normalized spacial score (nSPS) is 19.2. The molecule has 106 valence electrons. The molecule has 1 aromatic carbocycles. The zero-order valence-electron chi connectivity index (χ0n) is 11.6. The largest absolute Gasteiger partial charge is 0.494 e. The standard InChI is InChI=1S/C15H19N3O2/c1-12-15(19)17-7-9-18(12)8-2-10-20-14-5-3-13(11-16)4-6-14/h3-6,12H,2,7-10H2,1H3,(H,17,19). The monoisotopic (exact) mass is 273 g/mol. The molecule has 0 saturated carbocycles. The van der Waals surface area contributed by atoms with E-state index in [1.165, 1.54) is 0 Å². The number of rotatable bonds is 5. The first kappa shape index (κ1) is 14.4. The molecular weight excluding hydrogens is 254 g/mol. The lowest BCUT2D eigenvalue weighted by atomic mass is 10.2. The third-order valence-electron chi connectivity index (χ3n) is 3.47. The number of hydrogen-bond acceptors (Lipinski definition) is 4. The van der Waals surface area contributed by atoms with Gasteiger partial charge in [-0.2, -0.15) is 5.26 Å². The van der Waals surface area contributed by atoms with Gasteiger partial charge in [-0.1, -0.05) is 0 Å². The molecular formula is C15H19N3O2. The van der Waals surface area contributed by atoms with E-state index in [9.17, 15) is 4.79 Å². The van der Waals surface area contributed by atoms with Crippen molar-refractivity contribution in [2.45, 2.75) is 19.4 Å². The molecule has 1 saturated heterocycles. The van der Waals surface area contributed by atoms with Gasteiger partial charge in [0, 0.05) is 19.6 Å². The smallest absolute Gasteiger partial charge is 0.237 e. The molecule has 0 radical (unpaired) electrons. The first-order valence-electron chi connectivity index (χ1n) is 6.85. The molecule has 5 nitrogen and oxygen atoms in total. The van der Waals surface area contributed by atoms with Crippen molar-refractivity contribution in [3.8, 4) is 11.8 Å². The SMILES string of the molecule is CC1C(=O)NCCN1CCCOc1ccc(C#N)cc1. The van der Waals surface area contributed by atoms with E-state index in [-0.39, 0.29) is 11.9 Å². The topological polar surface area (TPSA) is 65.4 Å². The number of nitriles is 1. The molecule has 1 unspecified atom stereocenters. The van der Waals surface area contributed by atoms with Gasteiger partial charge in [0.1, 0.15) is 5.75 Å². The number of nitrogens with one attached hydrogen (secondary N) is 1. The molecule has 1 N–H and O–H groups in total. The zero-order valence-corrected chi connectivity index (χ0v) is 11.6. The van der Waals surface area contributed by atoms with Crippen LogP contribution in [0.5, 0.6) is 5.75 Å². The second-order valence-corrected chi connectivity index (χ2v) is 4.84. The Morgan fingerprint density at radius 2 is 2.20 bits per heavy atom. The van der Waals surface area contributed by atoms with E-state index in [1.54, 1.807) is 24.3 Å². The molecule has 20 heavy (non-hydrogen) atoms. The average Bonchev–Trinajstić information content (AvgIpc) is 2.48. The van der Waals surface area contributed by atoms with E-state index in [0.717, 1.165) is 31.8 Å². The van der Waals surface area contributed by atoms with Gasteiger partial charge < -0.3 is 10.1 Å². The third kappa shape index (κ3) is 3.72. The minimum absolute atomic E-state index is 0.0568. The highest BCUT2D eigenvalue weighted by molar-refractivity contribution is 5.81. The fourth-order valence-electron chi connectivity index (χ4n) is 2.22. The Kier molecular flexibility index (Phi) is 4.97. The van der Waals surface area contributed by atoms with E-state index in [0.29, 0.717) is 12.2 Å². The molecule has 1 atom stereocenters. The average molecular weight is 273 g/mol. The summed E-state index contributed by atoms with van der Waals surface area (Å²) in [6.07, 6.45) is 0.873. The quantitative estimate of drug-likeness (QED) is 0.817. The number of amides is 1. The van der Waals surface area contributed by atoms with Gasteiger partial charge in [-0.05, 0) is 37.6 Å². The van der Waals surface area contributed by atoms with Crippen LogP contribution in [0.1, 0.15) is 18.9 Å². The number of carbonyl (C=O) groups excluding carboxylic acids is 1. The first-order valence-corrected chi connectivity index (χ1v) is 6.85. The number of nitrogens with zero attached hydrogens (tertiary/aromatic N) is 2. The van der Waals surface area contributed by atoms with E-state index < -0.39 is 0 Å². The Morgan fingerprint density at radius 3 is 2.90 bits per heavy atom. The maximum atomic E-state index is 11.5. The fourth-order valence-corrected chi connectivity index (χ4v) is 2.22. The molecule has 1 aliphatic heterocycles. The van der Waals surface area contributed by atoms with Crippen LogP contribution < -0.4 is 10.1 Å². The number of hydrogen-bond donors (Lipinski definition) is 1. The van der Waals surface area contributed by atoms with Crippen molar-refractivity contribution >= 4 is 5.91 Å². The van der Waals surface area contributed by atoms with Crippen LogP contribution in [0.4, 0.5) is 0 Å². The summed E-state index contributed by atoms with van der Waals surface area (Å²) in [4.78, 5) is 13.7.